The molecule has 0 bridgehead atoms. The maximum Gasteiger partial charge on any atom is 0.246 e. The first kappa shape index (κ1) is 16.6. The van der Waals surface area contributed by atoms with Gasteiger partial charge in [-0.2, -0.15) is 4.80 Å². The molecule has 0 spiro atoms. The van der Waals surface area contributed by atoms with Crippen molar-refractivity contribution in [3.05, 3.63) is 28.7 Å². The number of carbonyl (C=O) groups is 1. The predicted molar refractivity (Wildman–Crippen MR) is 85.2 cm³/mol. The lowest BCUT2D eigenvalue weighted by Gasteiger charge is -2.10. The van der Waals surface area contributed by atoms with Crippen molar-refractivity contribution < 1.29 is 9.53 Å². The highest BCUT2D eigenvalue weighted by Gasteiger charge is 2.18. The number of benzene rings is 1. The second kappa shape index (κ2) is 8.00. The van der Waals surface area contributed by atoms with Gasteiger partial charge in [-0.15, -0.1) is 10.2 Å². The van der Waals surface area contributed by atoms with Gasteiger partial charge in [-0.3, -0.25) is 4.79 Å². The van der Waals surface area contributed by atoms with E-state index in [-0.39, 0.29) is 5.91 Å². The van der Waals surface area contributed by atoms with E-state index in [1.165, 1.54) is 4.80 Å². The van der Waals surface area contributed by atoms with Crippen molar-refractivity contribution in [3.8, 4) is 11.4 Å². The highest BCUT2D eigenvalue weighted by molar-refractivity contribution is 9.10. The standard InChI is InChI=1S/C14H18BrN5O2/c1-10(14(21)16-8-3-9-22-2)20-18-13(17-19-20)11-4-6-12(15)7-5-11/h4-7,10H,3,8-9H2,1-2H3,(H,16,21). The molecule has 0 radical (unpaired) electrons. The number of nitrogens with one attached hydrogen (secondary N) is 1. The van der Waals surface area contributed by atoms with Gasteiger partial charge in [0.25, 0.3) is 0 Å². The zero-order chi connectivity index (χ0) is 15.9. The van der Waals surface area contributed by atoms with Crippen LogP contribution in [0, 0.1) is 0 Å². The molecule has 1 unspecified atom stereocenters. The molecule has 0 fully saturated rings. The van der Waals surface area contributed by atoms with E-state index in [2.05, 4.69) is 36.7 Å². The Morgan fingerprint density at radius 1 is 1.41 bits per heavy atom. The number of nitrogens with zero attached hydrogens (tertiary/aromatic N) is 4. The highest BCUT2D eigenvalue weighted by atomic mass is 79.9. The van der Waals surface area contributed by atoms with Crippen LogP contribution >= 0.6 is 15.9 Å². The van der Waals surface area contributed by atoms with Crippen molar-refractivity contribution in [1.29, 1.82) is 0 Å². The van der Waals surface area contributed by atoms with E-state index in [4.69, 9.17) is 4.74 Å². The molecule has 1 heterocycles. The Morgan fingerprint density at radius 3 is 2.82 bits per heavy atom. The molecule has 0 saturated carbocycles. The fourth-order valence-corrected chi connectivity index (χ4v) is 2.05. The molecule has 0 saturated heterocycles. The van der Waals surface area contributed by atoms with Gasteiger partial charge in [0.1, 0.15) is 6.04 Å². The summed E-state index contributed by atoms with van der Waals surface area (Å²) in [5.41, 5.74) is 0.849. The van der Waals surface area contributed by atoms with Crippen molar-refractivity contribution in [3.63, 3.8) is 0 Å². The maximum atomic E-state index is 12.0. The van der Waals surface area contributed by atoms with Crippen molar-refractivity contribution in [2.45, 2.75) is 19.4 Å². The number of hydrogen-bond acceptors (Lipinski definition) is 5. The summed E-state index contributed by atoms with van der Waals surface area (Å²) in [6.07, 6.45) is 0.768. The van der Waals surface area contributed by atoms with Gasteiger partial charge in [-0.05, 0) is 42.8 Å². The van der Waals surface area contributed by atoms with Crippen LogP contribution in [0.2, 0.25) is 0 Å². The van der Waals surface area contributed by atoms with Crippen LogP contribution in [0.4, 0.5) is 0 Å². The lowest BCUT2D eigenvalue weighted by molar-refractivity contribution is -0.124. The molecule has 0 aliphatic rings. The largest absolute Gasteiger partial charge is 0.385 e. The molecule has 22 heavy (non-hydrogen) atoms. The number of tetrazole rings is 1. The minimum absolute atomic E-state index is 0.143. The van der Waals surface area contributed by atoms with Crippen molar-refractivity contribution in [2.24, 2.45) is 0 Å². The molecule has 0 aliphatic carbocycles. The zero-order valence-corrected chi connectivity index (χ0v) is 14.1. The van der Waals surface area contributed by atoms with Crippen LogP contribution < -0.4 is 5.32 Å². The van der Waals surface area contributed by atoms with Crippen LogP contribution in [0.25, 0.3) is 11.4 Å². The number of methoxy groups -OCH3 is 1. The predicted octanol–water partition coefficient (Wildman–Crippen LogP) is 1.82. The number of halogens is 1. The number of aromatic nitrogens is 4. The van der Waals surface area contributed by atoms with Gasteiger partial charge in [0.05, 0.1) is 0 Å². The molecule has 1 atom stereocenters. The van der Waals surface area contributed by atoms with Crippen LogP contribution in [0.15, 0.2) is 28.7 Å². The van der Waals surface area contributed by atoms with Gasteiger partial charge >= 0.3 is 0 Å². The fraction of sp³-hybridized carbons (Fsp3) is 0.429. The third-order valence-corrected chi connectivity index (χ3v) is 3.61. The fourth-order valence-electron chi connectivity index (χ4n) is 1.78. The first-order valence-electron chi connectivity index (χ1n) is 6.94. The molecule has 8 heteroatoms. The summed E-state index contributed by atoms with van der Waals surface area (Å²) >= 11 is 3.38. The monoisotopic (exact) mass is 367 g/mol. The average Bonchev–Trinajstić information content (AvgIpc) is 3.01. The molecule has 1 N–H and O–H groups in total. The molecule has 1 amide bonds. The summed E-state index contributed by atoms with van der Waals surface area (Å²) in [6, 6.07) is 7.07. The molecule has 2 rings (SSSR count). The molecule has 118 valence electrons. The summed E-state index contributed by atoms with van der Waals surface area (Å²) in [7, 11) is 1.63. The van der Waals surface area contributed by atoms with Crippen LogP contribution in [0.3, 0.4) is 0 Å². The van der Waals surface area contributed by atoms with E-state index < -0.39 is 6.04 Å². The first-order chi connectivity index (χ1) is 10.6. The second-order valence-corrected chi connectivity index (χ2v) is 5.67. The number of carbonyl (C=O) groups excluding carboxylic acids is 1. The van der Waals surface area contributed by atoms with E-state index in [1.807, 2.05) is 24.3 Å². The van der Waals surface area contributed by atoms with Crippen molar-refractivity contribution in [1.82, 2.24) is 25.5 Å². The van der Waals surface area contributed by atoms with Crippen LogP contribution in [-0.4, -0.2) is 46.4 Å². The Labute approximate surface area is 137 Å². The molecular weight excluding hydrogens is 350 g/mol. The van der Waals surface area contributed by atoms with Crippen molar-refractivity contribution >= 4 is 21.8 Å². The first-order valence-corrected chi connectivity index (χ1v) is 7.73. The van der Waals surface area contributed by atoms with Crippen LogP contribution in [0.5, 0.6) is 0 Å². The topological polar surface area (TPSA) is 81.9 Å². The van der Waals surface area contributed by atoms with E-state index in [9.17, 15) is 4.79 Å². The molecule has 1 aromatic heterocycles. The Balaban J connectivity index is 1.98. The van der Waals surface area contributed by atoms with Crippen LogP contribution in [-0.2, 0) is 9.53 Å². The van der Waals surface area contributed by atoms with Gasteiger partial charge in [0.15, 0.2) is 0 Å². The number of hydrogen-bond donors (Lipinski definition) is 1. The lowest BCUT2D eigenvalue weighted by Crippen LogP contribution is -2.33. The Morgan fingerprint density at radius 2 is 2.14 bits per heavy atom. The van der Waals surface area contributed by atoms with Crippen molar-refractivity contribution in [2.75, 3.05) is 20.3 Å². The molecule has 1 aromatic carbocycles. The van der Waals surface area contributed by atoms with Crippen LogP contribution in [0.1, 0.15) is 19.4 Å². The maximum absolute atomic E-state index is 12.0. The van der Waals surface area contributed by atoms with Gasteiger partial charge in [0.2, 0.25) is 11.7 Å². The third kappa shape index (κ3) is 4.35. The Kier molecular flexibility index (Phi) is 6.02. The third-order valence-electron chi connectivity index (χ3n) is 3.08. The molecule has 2 aromatic rings. The average molecular weight is 368 g/mol. The minimum atomic E-state index is -0.515. The molecule has 7 nitrogen and oxygen atoms in total. The Bertz CT molecular complexity index is 614. The zero-order valence-electron chi connectivity index (χ0n) is 12.5. The number of rotatable bonds is 7. The highest BCUT2D eigenvalue weighted by Crippen LogP contribution is 2.18. The van der Waals surface area contributed by atoms with Gasteiger partial charge < -0.3 is 10.1 Å². The number of ether oxygens (including phenoxy) is 1. The quantitative estimate of drug-likeness (QED) is 0.754. The SMILES string of the molecule is COCCCNC(=O)C(C)n1nnc(-c2ccc(Br)cc2)n1. The summed E-state index contributed by atoms with van der Waals surface area (Å²) in [4.78, 5) is 13.3. The summed E-state index contributed by atoms with van der Waals surface area (Å²) in [6.45, 7) is 2.91. The summed E-state index contributed by atoms with van der Waals surface area (Å²) in [5, 5.41) is 15.0. The summed E-state index contributed by atoms with van der Waals surface area (Å²) in [5.74, 6) is 0.349. The summed E-state index contributed by atoms with van der Waals surface area (Å²) < 4.78 is 5.91. The van der Waals surface area contributed by atoms with E-state index in [1.54, 1.807) is 14.0 Å². The minimum Gasteiger partial charge on any atom is -0.385 e. The normalized spacial score (nSPS) is 12.1. The van der Waals surface area contributed by atoms with E-state index in [0.29, 0.717) is 19.0 Å². The molecular formula is C14H18BrN5O2. The number of amides is 1. The van der Waals surface area contributed by atoms with Gasteiger partial charge in [-0.1, -0.05) is 15.9 Å². The molecule has 0 aliphatic heterocycles. The second-order valence-electron chi connectivity index (χ2n) is 4.75. The van der Waals surface area contributed by atoms with E-state index in [0.717, 1.165) is 16.5 Å². The van der Waals surface area contributed by atoms with Gasteiger partial charge in [0, 0.05) is 30.3 Å². The smallest absolute Gasteiger partial charge is 0.246 e. The van der Waals surface area contributed by atoms with E-state index >= 15 is 0 Å². The van der Waals surface area contributed by atoms with Gasteiger partial charge in [-0.25, -0.2) is 0 Å². The Hall–Kier alpha value is -1.80. The lowest BCUT2D eigenvalue weighted by atomic mass is 10.2.